The smallest absolute Gasteiger partial charge is 0.0386 e. The summed E-state index contributed by atoms with van der Waals surface area (Å²) in [7, 11) is 0. The Bertz CT molecular complexity index is 317. The van der Waals surface area contributed by atoms with E-state index in [1.807, 2.05) is 0 Å². The molecular formula is C27H52. The van der Waals surface area contributed by atoms with Crippen LogP contribution in [0.1, 0.15) is 149 Å². The van der Waals surface area contributed by atoms with E-state index >= 15 is 0 Å². The Morgan fingerprint density at radius 3 is 1.11 bits per heavy atom. The molecule has 0 amide bonds. The number of unbranched alkanes of at least 4 members (excludes halogenated alkanes) is 9. The third kappa shape index (κ3) is 9.85. The van der Waals surface area contributed by atoms with Crippen LogP contribution in [0.4, 0.5) is 0 Å². The number of hydrogen-bond acceptors (Lipinski definition) is 0. The highest BCUT2D eigenvalue weighted by Gasteiger charge is 2.30. The van der Waals surface area contributed by atoms with Gasteiger partial charge in [0.15, 0.2) is 0 Å². The molecule has 0 saturated heterocycles. The van der Waals surface area contributed by atoms with Gasteiger partial charge in [-0.15, -0.1) is 0 Å². The molecule has 27 heavy (non-hydrogen) atoms. The molecule has 0 spiro atoms. The lowest BCUT2D eigenvalue weighted by Crippen LogP contribution is -2.25. The first kappa shape index (κ1) is 23.3. The minimum atomic E-state index is 1.09. The van der Waals surface area contributed by atoms with Crippen molar-refractivity contribution >= 4 is 0 Å². The van der Waals surface area contributed by atoms with Crippen molar-refractivity contribution < 1.29 is 0 Å². The van der Waals surface area contributed by atoms with E-state index in [2.05, 4.69) is 13.8 Å². The van der Waals surface area contributed by atoms with Crippen molar-refractivity contribution in [2.45, 2.75) is 149 Å². The van der Waals surface area contributed by atoms with Crippen molar-refractivity contribution in [1.29, 1.82) is 0 Å². The molecule has 0 heteroatoms. The lowest BCUT2D eigenvalue weighted by atomic mass is 9.68. The summed E-state index contributed by atoms with van der Waals surface area (Å²) in [6, 6.07) is 0. The molecule has 160 valence electrons. The quantitative estimate of drug-likeness (QED) is 0.265. The average molecular weight is 377 g/mol. The van der Waals surface area contributed by atoms with E-state index in [1.54, 1.807) is 64.2 Å². The van der Waals surface area contributed by atoms with Crippen LogP contribution >= 0.6 is 0 Å². The van der Waals surface area contributed by atoms with Crippen LogP contribution in [0.25, 0.3) is 0 Å². The molecule has 0 radical (unpaired) electrons. The Hall–Kier alpha value is 0. The standard InChI is InChI=1S/C27H52/c1-3-5-7-9-11-13-15-25-18-22-27(23-19-25)26-20-16-24(17-21-26)14-12-10-8-6-4-2/h24-27H,3-23H2,1-2H3/t24-,25?,26-,27?. The first-order chi connectivity index (χ1) is 13.3. The highest BCUT2D eigenvalue weighted by atomic mass is 14.4. The highest BCUT2D eigenvalue weighted by molar-refractivity contribution is 4.82. The fourth-order valence-electron chi connectivity index (χ4n) is 6.15. The minimum Gasteiger partial charge on any atom is -0.0654 e. The molecule has 2 aliphatic carbocycles. The van der Waals surface area contributed by atoms with Crippen LogP contribution in [0, 0.1) is 23.7 Å². The van der Waals surface area contributed by atoms with E-state index in [1.165, 1.54) is 70.6 Å². The molecule has 0 N–H and O–H groups in total. The van der Waals surface area contributed by atoms with Gasteiger partial charge in [0.05, 0.1) is 0 Å². The van der Waals surface area contributed by atoms with E-state index < -0.39 is 0 Å². The maximum absolute atomic E-state index is 2.32. The Morgan fingerprint density at radius 2 is 0.741 bits per heavy atom. The average Bonchev–Trinajstić information content (AvgIpc) is 2.71. The van der Waals surface area contributed by atoms with Crippen LogP contribution in [0.5, 0.6) is 0 Å². The number of hydrogen-bond donors (Lipinski definition) is 0. The minimum absolute atomic E-state index is 1.09. The topological polar surface area (TPSA) is 0 Å². The van der Waals surface area contributed by atoms with E-state index in [-0.39, 0.29) is 0 Å². The van der Waals surface area contributed by atoms with Crippen LogP contribution < -0.4 is 0 Å². The van der Waals surface area contributed by atoms with Crippen molar-refractivity contribution in [2.75, 3.05) is 0 Å². The van der Waals surface area contributed by atoms with Gasteiger partial charge in [0.1, 0.15) is 0 Å². The van der Waals surface area contributed by atoms with Gasteiger partial charge in [0.25, 0.3) is 0 Å². The second-order valence-corrected chi connectivity index (χ2v) is 10.3. The summed E-state index contributed by atoms with van der Waals surface area (Å²) in [6.45, 7) is 4.64. The molecule has 2 rings (SSSR count). The molecule has 0 aromatic rings. The fourth-order valence-corrected chi connectivity index (χ4v) is 6.15. The van der Waals surface area contributed by atoms with Gasteiger partial charge in [-0.1, -0.05) is 123 Å². The monoisotopic (exact) mass is 376 g/mol. The van der Waals surface area contributed by atoms with Crippen LogP contribution in [0.2, 0.25) is 0 Å². The Labute approximate surface area is 172 Å². The number of rotatable bonds is 14. The molecule has 0 heterocycles. The highest BCUT2D eigenvalue weighted by Crippen LogP contribution is 2.43. The van der Waals surface area contributed by atoms with Gasteiger partial charge < -0.3 is 0 Å². The van der Waals surface area contributed by atoms with Crippen molar-refractivity contribution in [3.05, 3.63) is 0 Å². The molecule has 0 nitrogen and oxygen atoms in total. The molecule has 0 aromatic heterocycles. The second-order valence-electron chi connectivity index (χ2n) is 10.3. The summed E-state index contributed by atoms with van der Waals surface area (Å²) in [4.78, 5) is 0. The zero-order valence-corrected chi connectivity index (χ0v) is 19.2. The van der Waals surface area contributed by atoms with E-state index in [9.17, 15) is 0 Å². The SMILES string of the molecule is CCCCCCCCC1CCC([C@H]2CC[C@H](CCCCCCC)CC2)CC1. The first-order valence-electron chi connectivity index (χ1n) is 13.3. The molecule has 2 aliphatic rings. The van der Waals surface area contributed by atoms with Crippen molar-refractivity contribution in [2.24, 2.45) is 23.7 Å². The zero-order valence-electron chi connectivity index (χ0n) is 19.2. The second kappa shape index (κ2) is 14.9. The van der Waals surface area contributed by atoms with Gasteiger partial charge in [-0.05, 0) is 49.4 Å². The van der Waals surface area contributed by atoms with E-state index in [4.69, 9.17) is 0 Å². The van der Waals surface area contributed by atoms with Gasteiger partial charge in [-0.2, -0.15) is 0 Å². The third-order valence-corrected chi connectivity index (χ3v) is 8.13. The Balaban J connectivity index is 1.48. The third-order valence-electron chi connectivity index (χ3n) is 8.13. The molecular weight excluding hydrogens is 324 g/mol. The van der Waals surface area contributed by atoms with Gasteiger partial charge in [0, 0.05) is 0 Å². The predicted molar refractivity (Wildman–Crippen MR) is 122 cm³/mol. The van der Waals surface area contributed by atoms with Crippen molar-refractivity contribution in [3.8, 4) is 0 Å². The van der Waals surface area contributed by atoms with Crippen LogP contribution in [0.3, 0.4) is 0 Å². The summed E-state index contributed by atoms with van der Waals surface area (Å²) in [5, 5.41) is 0. The molecule has 2 saturated carbocycles. The summed E-state index contributed by atoms with van der Waals surface area (Å²) in [5.41, 5.74) is 0. The summed E-state index contributed by atoms with van der Waals surface area (Å²) < 4.78 is 0. The molecule has 0 unspecified atom stereocenters. The maximum atomic E-state index is 2.32. The van der Waals surface area contributed by atoms with Crippen LogP contribution in [-0.4, -0.2) is 0 Å². The Morgan fingerprint density at radius 1 is 0.407 bits per heavy atom. The van der Waals surface area contributed by atoms with Crippen molar-refractivity contribution in [3.63, 3.8) is 0 Å². The summed E-state index contributed by atoms with van der Waals surface area (Å²) in [5.74, 6) is 4.39. The van der Waals surface area contributed by atoms with E-state index in [0.717, 1.165) is 23.7 Å². The maximum Gasteiger partial charge on any atom is -0.0386 e. The first-order valence-corrected chi connectivity index (χ1v) is 13.3. The zero-order chi connectivity index (χ0) is 19.2. The molecule has 0 aliphatic heterocycles. The largest absolute Gasteiger partial charge is 0.0654 e. The summed E-state index contributed by atoms with van der Waals surface area (Å²) in [6.07, 6.45) is 31.8. The van der Waals surface area contributed by atoms with E-state index in [0.29, 0.717) is 0 Å². The lowest BCUT2D eigenvalue weighted by molar-refractivity contribution is 0.139. The van der Waals surface area contributed by atoms with Crippen molar-refractivity contribution in [1.82, 2.24) is 0 Å². The van der Waals surface area contributed by atoms with Gasteiger partial charge in [-0.25, -0.2) is 0 Å². The van der Waals surface area contributed by atoms with Gasteiger partial charge >= 0.3 is 0 Å². The summed E-state index contributed by atoms with van der Waals surface area (Å²) >= 11 is 0. The molecule has 2 fully saturated rings. The molecule has 0 bridgehead atoms. The lowest BCUT2D eigenvalue weighted by Gasteiger charge is -2.38. The van der Waals surface area contributed by atoms with Crippen LogP contribution in [0.15, 0.2) is 0 Å². The molecule has 0 aromatic carbocycles. The van der Waals surface area contributed by atoms with Crippen LogP contribution in [-0.2, 0) is 0 Å². The van der Waals surface area contributed by atoms with Gasteiger partial charge in [0.2, 0.25) is 0 Å². The normalized spacial score (nSPS) is 29.1. The fraction of sp³-hybridized carbons (Fsp3) is 1.00. The molecule has 0 atom stereocenters. The van der Waals surface area contributed by atoms with Gasteiger partial charge in [-0.3, -0.25) is 0 Å². The predicted octanol–water partition coefficient (Wildman–Crippen LogP) is 9.71. The Kier molecular flexibility index (Phi) is 12.9.